The molecule has 3 nitrogen and oxygen atoms in total. The Morgan fingerprint density at radius 3 is 2.62 bits per heavy atom. The molecule has 4 heteroatoms. The van der Waals surface area contributed by atoms with Gasteiger partial charge in [-0.2, -0.15) is 0 Å². The first-order chi connectivity index (χ1) is 10.2. The third-order valence-corrected chi connectivity index (χ3v) is 3.81. The van der Waals surface area contributed by atoms with Crippen LogP contribution in [-0.4, -0.2) is 15.9 Å². The molecule has 0 aliphatic heterocycles. The first-order valence-electron chi connectivity index (χ1n) is 7.17. The topological polar surface area (TPSA) is 29.3 Å². The molecule has 3 rings (SSSR count). The molecule has 0 atom stereocenters. The number of anilines is 1. The summed E-state index contributed by atoms with van der Waals surface area (Å²) in [6.45, 7) is 5.23. The molecule has 21 heavy (non-hydrogen) atoms. The van der Waals surface area contributed by atoms with Crippen molar-refractivity contribution in [2.24, 2.45) is 0 Å². The lowest BCUT2D eigenvalue weighted by Crippen LogP contribution is -2.01. The van der Waals surface area contributed by atoms with E-state index >= 15 is 0 Å². The van der Waals surface area contributed by atoms with Crippen LogP contribution in [0.25, 0.3) is 16.9 Å². The van der Waals surface area contributed by atoms with Crippen LogP contribution in [0.2, 0.25) is 5.02 Å². The van der Waals surface area contributed by atoms with E-state index in [-0.39, 0.29) is 0 Å². The Balaban J connectivity index is 2.04. The number of nitrogens with one attached hydrogen (secondary N) is 1. The van der Waals surface area contributed by atoms with Gasteiger partial charge in [0.2, 0.25) is 0 Å². The Hall–Kier alpha value is -2.00. The van der Waals surface area contributed by atoms with Crippen molar-refractivity contribution in [3.8, 4) is 11.3 Å². The smallest absolute Gasteiger partial charge is 0.137 e. The highest BCUT2D eigenvalue weighted by Crippen LogP contribution is 2.26. The molecule has 0 amide bonds. The summed E-state index contributed by atoms with van der Waals surface area (Å²) in [7, 11) is 0. The van der Waals surface area contributed by atoms with Crippen molar-refractivity contribution in [1.82, 2.24) is 9.38 Å². The second-order valence-electron chi connectivity index (χ2n) is 5.13. The van der Waals surface area contributed by atoms with Gasteiger partial charge in [-0.25, -0.2) is 4.98 Å². The summed E-state index contributed by atoms with van der Waals surface area (Å²) in [4.78, 5) is 4.73. The molecule has 1 N–H and O–H groups in total. The number of benzene rings is 1. The van der Waals surface area contributed by atoms with Crippen molar-refractivity contribution in [3.63, 3.8) is 0 Å². The highest BCUT2D eigenvalue weighted by Gasteiger charge is 2.10. The molecule has 0 saturated carbocycles. The molecule has 0 aliphatic rings. The minimum atomic E-state index is 0.742. The Morgan fingerprint density at radius 1 is 1.14 bits per heavy atom. The standard InChI is InChI=1S/C17H18ClN3/c1-3-10-19-15-8-9-16-20-17(12(2)21(16)11-15)13-4-6-14(18)7-5-13/h4-9,11,19H,3,10H2,1-2H3. The lowest BCUT2D eigenvalue weighted by atomic mass is 10.1. The maximum Gasteiger partial charge on any atom is 0.137 e. The predicted molar refractivity (Wildman–Crippen MR) is 89.2 cm³/mol. The van der Waals surface area contributed by atoms with Crippen LogP contribution < -0.4 is 5.32 Å². The number of imidazole rings is 1. The third-order valence-electron chi connectivity index (χ3n) is 3.55. The Morgan fingerprint density at radius 2 is 1.90 bits per heavy atom. The molecule has 0 radical (unpaired) electrons. The van der Waals surface area contributed by atoms with E-state index in [1.54, 1.807) is 0 Å². The zero-order chi connectivity index (χ0) is 14.8. The minimum absolute atomic E-state index is 0.742. The van der Waals surface area contributed by atoms with Crippen LogP contribution in [-0.2, 0) is 0 Å². The first-order valence-corrected chi connectivity index (χ1v) is 7.55. The third kappa shape index (κ3) is 2.74. The molecule has 0 unspecified atom stereocenters. The van der Waals surface area contributed by atoms with Crippen LogP contribution in [0, 0.1) is 6.92 Å². The summed E-state index contributed by atoms with van der Waals surface area (Å²) in [6, 6.07) is 11.9. The van der Waals surface area contributed by atoms with E-state index in [1.807, 2.05) is 30.3 Å². The summed E-state index contributed by atoms with van der Waals surface area (Å²) in [5, 5.41) is 4.15. The average Bonchev–Trinajstić information content (AvgIpc) is 2.83. The second-order valence-corrected chi connectivity index (χ2v) is 5.56. The van der Waals surface area contributed by atoms with Crippen molar-refractivity contribution < 1.29 is 0 Å². The lowest BCUT2D eigenvalue weighted by Gasteiger charge is -2.05. The maximum absolute atomic E-state index is 5.95. The van der Waals surface area contributed by atoms with Gasteiger partial charge in [0.1, 0.15) is 5.65 Å². The molecule has 108 valence electrons. The average molecular weight is 300 g/mol. The highest BCUT2D eigenvalue weighted by molar-refractivity contribution is 6.30. The van der Waals surface area contributed by atoms with Crippen molar-refractivity contribution >= 4 is 22.9 Å². The van der Waals surface area contributed by atoms with E-state index in [1.165, 1.54) is 0 Å². The molecular formula is C17H18ClN3. The van der Waals surface area contributed by atoms with Crippen LogP contribution in [0.15, 0.2) is 42.6 Å². The van der Waals surface area contributed by atoms with Gasteiger partial charge in [-0.3, -0.25) is 0 Å². The van der Waals surface area contributed by atoms with Gasteiger partial charge in [0.15, 0.2) is 0 Å². The minimum Gasteiger partial charge on any atom is -0.384 e. The molecule has 0 spiro atoms. The predicted octanol–water partition coefficient (Wildman–Crippen LogP) is 4.79. The number of hydrogen-bond acceptors (Lipinski definition) is 2. The summed E-state index contributed by atoms with van der Waals surface area (Å²) in [5.74, 6) is 0. The molecule has 0 fully saturated rings. The molecule has 2 heterocycles. The largest absolute Gasteiger partial charge is 0.384 e. The highest BCUT2D eigenvalue weighted by atomic mass is 35.5. The summed E-state index contributed by atoms with van der Waals surface area (Å²) >= 11 is 5.95. The number of pyridine rings is 1. The van der Waals surface area contributed by atoms with Gasteiger partial charge in [-0.05, 0) is 37.6 Å². The lowest BCUT2D eigenvalue weighted by molar-refractivity contribution is 0.974. The zero-order valence-corrected chi connectivity index (χ0v) is 13.0. The number of aryl methyl sites for hydroxylation is 1. The van der Waals surface area contributed by atoms with Crippen LogP contribution in [0.4, 0.5) is 5.69 Å². The van der Waals surface area contributed by atoms with Crippen molar-refractivity contribution in [2.45, 2.75) is 20.3 Å². The molecular weight excluding hydrogens is 282 g/mol. The molecule has 3 aromatic rings. The van der Waals surface area contributed by atoms with Crippen LogP contribution in [0.1, 0.15) is 19.0 Å². The van der Waals surface area contributed by atoms with Crippen molar-refractivity contribution in [2.75, 3.05) is 11.9 Å². The Kier molecular flexibility index (Phi) is 3.84. The number of fused-ring (bicyclic) bond motifs is 1. The summed E-state index contributed by atoms with van der Waals surface area (Å²) in [5.41, 5.74) is 5.29. The number of hydrogen-bond donors (Lipinski definition) is 1. The molecule has 1 aromatic carbocycles. The van der Waals surface area contributed by atoms with Gasteiger partial charge in [0.25, 0.3) is 0 Å². The van der Waals surface area contributed by atoms with Gasteiger partial charge >= 0.3 is 0 Å². The first kappa shape index (κ1) is 14.0. The van der Waals surface area contributed by atoms with Gasteiger partial charge in [0.05, 0.1) is 11.4 Å². The van der Waals surface area contributed by atoms with Crippen LogP contribution in [0.3, 0.4) is 0 Å². The second kappa shape index (κ2) is 5.78. The quantitative estimate of drug-likeness (QED) is 0.751. The number of nitrogens with zero attached hydrogens (tertiary/aromatic N) is 2. The Bertz CT molecular complexity index is 760. The maximum atomic E-state index is 5.95. The fraction of sp³-hybridized carbons (Fsp3) is 0.235. The number of rotatable bonds is 4. The van der Waals surface area contributed by atoms with Crippen LogP contribution >= 0.6 is 11.6 Å². The van der Waals surface area contributed by atoms with E-state index in [2.05, 4.69) is 35.8 Å². The van der Waals surface area contributed by atoms with E-state index in [0.29, 0.717) is 0 Å². The molecule has 0 bridgehead atoms. The summed E-state index contributed by atoms with van der Waals surface area (Å²) < 4.78 is 2.13. The number of aromatic nitrogens is 2. The van der Waals surface area contributed by atoms with E-state index < -0.39 is 0 Å². The van der Waals surface area contributed by atoms with E-state index in [9.17, 15) is 0 Å². The van der Waals surface area contributed by atoms with Gasteiger partial charge in [0, 0.05) is 29.0 Å². The van der Waals surface area contributed by atoms with Gasteiger partial charge in [-0.1, -0.05) is 30.7 Å². The van der Waals surface area contributed by atoms with Gasteiger partial charge < -0.3 is 9.72 Å². The number of halogens is 1. The molecule has 0 saturated heterocycles. The summed E-state index contributed by atoms with van der Waals surface area (Å²) in [6.07, 6.45) is 3.21. The van der Waals surface area contributed by atoms with Crippen molar-refractivity contribution in [1.29, 1.82) is 0 Å². The fourth-order valence-corrected chi connectivity index (χ4v) is 2.54. The Labute approximate surface area is 129 Å². The van der Waals surface area contributed by atoms with Crippen molar-refractivity contribution in [3.05, 3.63) is 53.3 Å². The van der Waals surface area contributed by atoms with E-state index in [4.69, 9.17) is 16.6 Å². The monoisotopic (exact) mass is 299 g/mol. The zero-order valence-electron chi connectivity index (χ0n) is 12.2. The molecule has 2 aromatic heterocycles. The fourth-order valence-electron chi connectivity index (χ4n) is 2.42. The van der Waals surface area contributed by atoms with Crippen LogP contribution in [0.5, 0.6) is 0 Å². The SMILES string of the molecule is CCCNc1ccc2nc(-c3ccc(Cl)cc3)c(C)n2c1. The normalized spacial score (nSPS) is 11.0. The van der Waals surface area contributed by atoms with E-state index in [0.717, 1.165) is 46.3 Å². The molecule has 0 aliphatic carbocycles. The van der Waals surface area contributed by atoms with Gasteiger partial charge in [-0.15, -0.1) is 0 Å².